The van der Waals surface area contributed by atoms with Gasteiger partial charge in [0.05, 0.1) is 13.2 Å². The van der Waals surface area contributed by atoms with Gasteiger partial charge in [-0.1, -0.05) is 19.1 Å². The number of guanidine groups is 1. The minimum absolute atomic E-state index is 0. The van der Waals surface area contributed by atoms with E-state index in [2.05, 4.69) is 24.1 Å². The Morgan fingerprint density at radius 3 is 2.77 bits per heavy atom. The molecule has 0 amide bonds. The van der Waals surface area contributed by atoms with Crippen molar-refractivity contribution in [1.29, 1.82) is 0 Å². The van der Waals surface area contributed by atoms with Crippen molar-refractivity contribution in [2.45, 2.75) is 20.4 Å². The number of ether oxygens (including phenoxy) is 1. The molecule has 1 saturated heterocycles. The molecule has 1 fully saturated rings. The van der Waals surface area contributed by atoms with Crippen LogP contribution in [0.1, 0.15) is 19.4 Å². The molecular weight excluding hydrogens is 446 g/mol. The van der Waals surface area contributed by atoms with Crippen LogP contribution in [0.3, 0.4) is 0 Å². The maximum absolute atomic E-state index is 13.4. The van der Waals surface area contributed by atoms with E-state index in [1.807, 2.05) is 18.0 Å². The average molecular weight is 478 g/mol. The van der Waals surface area contributed by atoms with Gasteiger partial charge in [-0.05, 0) is 30.5 Å². The second kappa shape index (κ2) is 12.5. The molecule has 2 rings (SSSR count). The van der Waals surface area contributed by atoms with Gasteiger partial charge in [0.1, 0.15) is 5.82 Å². The largest absolute Gasteiger partial charge is 0.379 e. The molecule has 1 aromatic carbocycles. The Bertz CT molecular complexity index is 552. The zero-order valence-corrected chi connectivity index (χ0v) is 18.4. The first-order valence-electron chi connectivity index (χ1n) is 9.12. The van der Waals surface area contributed by atoms with Gasteiger partial charge in [0.25, 0.3) is 0 Å². The molecule has 1 aromatic rings. The molecule has 1 N–H and O–H groups in total. The van der Waals surface area contributed by atoms with E-state index in [0.29, 0.717) is 12.5 Å². The topological polar surface area (TPSA) is 40.1 Å². The molecule has 1 aliphatic rings. The maximum Gasteiger partial charge on any atom is 0.193 e. The third-order valence-electron chi connectivity index (χ3n) is 4.23. The summed E-state index contributed by atoms with van der Waals surface area (Å²) >= 11 is 0. The summed E-state index contributed by atoms with van der Waals surface area (Å²) in [4.78, 5) is 9.26. The summed E-state index contributed by atoms with van der Waals surface area (Å²) in [7, 11) is 1.99. The van der Waals surface area contributed by atoms with E-state index in [9.17, 15) is 4.39 Å². The number of halogens is 2. The van der Waals surface area contributed by atoms with E-state index < -0.39 is 0 Å². The number of rotatable bonds is 7. The SMILES string of the molecule is CCNC(=NCC(C)CN1CCOCC1)N(C)Cc1cccc(F)c1.I. The van der Waals surface area contributed by atoms with Gasteiger partial charge in [0.2, 0.25) is 0 Å². The summed E-state index contributed by atoms with van der Waals surface area (Å²) in [5, 5.41) is 3.32. The van der Waals surface area contributed by atoms with Gasteiger partial charge in [-0.2, -0.15) is 0 Å². The number of hydrogen-bond acceptors (Lipinski definition) is 3. The predicted molar refractivity (Wildman–Crippen MR) is 116 cm³/mol. The lowest BCUT2D eigenvalue weighted by Crippen LogP contribution is -2.40. The Kier molecular flexibility index (Phi) is 11.1. The molecule has 0 bridgehead atoms. The molecule has 7 heteroatoms. The van der Waals surface area contributed by atoms with E-state index in [4.69, 9.17) is 9.73 Å². The number of hydrogen-bond donors (Lipinski definition) is 1. The summed E-state index contributed by atoms with van der Waals surface area (Å²) in [5.74, 6) is 1.14. The molecular formula is C19H32FIN4O. The highest BCUT2D eigenvalue weighted by molar-refractivity contribution is 14.0. The Labute approximate surface area is 174 Å². The summed E-state index contributed by atoms with van der Waals surface area (Å²) < 4.78 is 18.8. The fourth-order valence-corrected chi connectivity index (χ4v) is 2.98. The van der Waals surface area contributed by atoms with Gasteiger partial charge < -0.3 is 15.0 Å². The quantitative estimate of drug-likeness (QED) is 0.372. The van der Waals surface area contributed by atoms with Gasteiger partial charge in [0.15, 0.2) is 5.96 Å². The fraction of sp³-hybridized carbons (Fsp3) is 0.632. The molecule has 0 aromatic heterocycles. The molecule has 1 unspecified atom stereocenters. The van der Waals surface area contributed by atoms with Crippen molar-refractivity contribution in [3.63, 3.8) is 0 Å². The van der Waals surface area contributed by atoms with Crippen LogP contribution in [0.4, 0.5) is 4.39 Å². The van der Waals surface area contributed by atoms with Gasteiger partial charge in [-0.25, -0.2) is 4.39 Å². The summed E-state index contributed by atoms with van der Waals surface area (Å²) in [6, 6.07) is 6.72. The van der Waals surface area contributed by atoms with Gasteiger partial charge in [-0.3, -0.25) is 9.89 Å². The third kappa shape index (κ3) is 8.18. The summed E-state index contributed by atoms with van der Waals surface area (Å²) in [5.41, 5.74) is 0.939. The molecule has 0 radical (unpaired) electrons. The normalized spacial score (nSPS) is 16.7. The highest BCUT2D eigenvalue weighted by atomic mass is 127. The van der Waals surface area contributed by atoms with Crippen molar-refractivity contribution in [1.82, 2.24) is 15.1 Å². The minimum atomic E-state index is -0.202. The third-order valence-corrected chi connectivity index (χ3v) is 4.23. The molecule has 148 valence electrons. The zero-order chi connectivity index (χ0) is 18.1. The van der Waals surface area contributed by atoms with Gasteiger partial charge in [-0.15, -0.1) is 24.0 Å². The van der Waals surface area contributed by atoms with Crippen LogP contribution in [-0.4, -0.2) is 68.7 Å². The van der Waals surface area contributed by atoms with E-state index in [-0.39, 0.29) is 29.8 Å². The maximum atomic E-state index is 13.4. The average Bonchev–Trinajstić information content (AvgIpc) is 2.59. The van der Waals surface area contributed by atoms with Crippen molar-refractivity contribution in [3.05, 3.63) is 35.6 Å². The lowest BCUT2D eigenvalue weighted by Gasteiger charge is -2.29. The van der Waals surface area contributed by atoms with Crippen molar-refractivity contribution in [2.75, 3.05) is 53.0 Å². The predicted octanol–water partition coefficient (Wildman–Crippen LogP) is 2.81. The first kappa shape index (κ1) is 23.1. The number of aliphatic imine (C=N–C) groups is 1. The molecule has 26 heavy (non-hydrogen) atoms. The first-order valence-corrected chi connectivity index (χ1v) is 9.12. The van der Waals surface area contributed by atoms with Crippen LogP contribution in [0.25, 0.3) is 0 Å². The van der Waals surface area contributed by atoms with Crippen LogP contribution < -0.4 is 5.32 Å². The highest BCUT2D eigenvalue weighted by Gasteiger charge is 2.14. The minimum Gasteiger partial charge on any atom is -0.379 e. The van der Waals surface area contributed by atoms with Crippen LogP contribution in [0.2, 0.25) is 0 Å². The van der Waals surface area contributed by atoms with Crippen molar-refractivity contribution >= 4 is 29.9 Å². The lowest BCUT2D eigenvalue weighted by molar-refractivity contribution is 0.0323. The zero-order valence-electron chi connectivity index (χ0n) is 16.1. The van der Waals surface area contributed by atoms with E-state index in [1.54, 1.807) is 12.1 Å². The number of nitrogens with zero attached hydrogens (tertiary/aromatic N) is 3. The van der Waals surface area contributed by atoms with Crippen molar-refractivity contribution < 1.29 is 9.13 Å². The molecule has 1 atom stereocenters. The van der Waals surface area contributed by atoms with E-state index >= 15 is 0 Å². The Morgan fingerprint density at radius 1 is 1.38 bits per heavy atom. The van der Waals surface area contributed by atoms with E-state index in [1.165, 1.54) is 6.07 Å². The summed E-state index contributed by atoms with van der Waals surface area (Å²) in [6.07, 6.45) is 0. The molecule has 0 aliphatic carbocycles. The second-order valence-electron chi connectivity index (χ2n) is 6.70. The van der Waals surface area contributed by atoms with Gasteiger partial charge in [0, 0.05) is 46.3 Å². The van der Waals surface area contributed by atoms with Gasteiger partial charge >= 0.3 is 0 Å². The van der Waals surface area contributed by atoms with Crippen molar-refractivity contribution in [3.8, 4) is 0 Å². The Balaban J connectivity index is 0.00000338. The number of morpholine rings is 1. The number of nitrogens with one attached hydrogen (secondary N) is 1. The van der Waals surface area contributed by atoms with Crippen LogP contribution >= 0.6 is 24.0 Å². The number of benzene rings is 1. The lowest BCUT2D eigenvalue weighted by atomic mass is 10.1. The van der Waals surface area contributed by atoms with Crippen LogP contribution in [-0.2, 0) is 11.3 Å². The Morgan fingerprint density at radius 2 is 2.12 bits per heavy atom. The van der Waals surface area contributed by atoms with Crippen LogP contribution in [0.5, 0.6) is 0 Å². The molecule has 5 nitrogen and oxygen atoms in total. The van der Waals surface area contributed by atoms with Crippen LogP contribution in [0, 0.1) is 11.7 Å². The molecule has 0 spiro atoms. The first-order chi connectivity index (χ1) is 12.1. The standard InChI is InChI=1S/C19H31FN4O.HI/c1-4-21-19(23(3)15-17-6-5-7-18(20)12-17)22-13-16(2)14-24-8-10-25-11-9-24;/h5-7,12,16H,4,8-11,13-15H2,1-3H3,(H,21,22);1H. The smallest absolute Gasteiger partial charge is 0.193 e. The monoisotopic (exact) mass is 478 g/mol. The second-order valence-corrected chi connectivity index (χ2v) is 6.70. The molecule has 0 saturated carbocycles. The van der Waals surface area contributed by atoms with Crippen molar-refractivity contribution in [2.24, 2.45) is 10.9 Å². The summed E-state index contributed by atoms with van der Waals surface area (Å²) in [6.45, 7) is 11.2. The molecule has 1 heterocycles. The fourth-order valence-electron chi connectivity index (χ4n) is 2.98. The van der Waals surface area contributed by atoms with Crippen LogP contribution in [0.15, 0.2) is 29.3 Å². The highest BCUT2D eigenvalue weighted by Crippen LogP contribution is 2.08. The van der Waals surface area contributed by atoms with E-state index in [0.717, 1.165) is 57.5 Å². The molecule has 1 aliphatic heterocycles. The Hall–Kier alpha value is -0.930.